The third-order valence-corrected chi connectivity index (χ3v) is 6.07. The molecule has 1 heterocycles. The zero-order valence-electron chi connectivity index (χ0n) is 16.9. The molecule has 1 N–H and O–H groups in total. The van der Waals surface area contributed by atoms with Crippen molar-refractivity contribution >= 4 is 23.2 Å². The van der Waals surface area contributed by atoms with Crippen molar-refractivity contribution in [3.05, 3.63) is 24.3 Å². The van der Waals surface area contributed by atoms with Crippen molar-refractivity contribution in [2.75, 3.05) is 37.4 Å². The van der Waals surface area contributed by atoms with Crippen LogP contribution in [0.4, 0.5) is 11.4 Å². The minimum Gasteiger partial charge on any atom is -0.378 e. The summed E-state index contributed by atoms with van der Waals surface area (Å²) in [7, 11) is 4.00. The lowest BCUT2D eigenvalue weighted by Crippen LogP contribution is -2.43. The van der Waals surface area contributed by atoms with Crippen molar-refractivity contribution in [2.24, 2.45) is 17.8 Å². The SMILES string of the molecule is CC1CCCN(C(=O)C2CCC(C(=O)Nc3ccc(N(C)C)cc3)CC2)C1. The van der Waals surface area contributed by atoms with Crippen molar-refractivity contribution in [2.45, 2.75) is 45.4 Å². The van der Waals surface area contributed by atoms with E-state index in [0.29, 0.717) is 11.8 Å². The maximum atomic E-state index is 12.8. The number of hydrogen-bond donors (Lipinski definition) is 1. The zero-order chi connectivity index (χ0) is 19.4. The van der Waals surface area contributed by atoms with Crippen LogP contribution in [0.15, 0.2) is 24.3 Å². The Morgan fingerprint density at radius 1 is 1.00 bits per heavy atom. The number of nitrogens with one attached hydrogen (secondary N) is 1. The summed E-state index contributed by atoms with van der Waals surface area (Å²) in [5, 5.41) is 3.04. The molecule has 0 aromatic heterocycles. The van der Waals surface area contributed by atoms with Crippen molar-refractivity contribution in [3.63, 3.8) is 0 Å². The lowest BCUT2D eigenvalue weighted by atomic mass is 9.80. The van der Waals surface area contributed by atoms with Crippen molar-refractivity contribution in [3.8, 4) is 0 Å². The first-order valence-corrected chi connectivity index (χ1v) is 10.3. The van der Waals surface area contributed by atoms with Gasteiger partial charge in [-0.2, -0.15) is 0 Å². The summed E-state index contributed by atoms with van der Waals surface area (Å²) >= 11 is 0. The van der Waals surface area contributed by atoms with Crippen LogP contribution in [0.1, 0.15) is 45.4 Å². The van der Waals surface area contributed by atoms with Crippen LogP contribution >= 0.6 is 0 Å². The number of piperidine rings is 1. The summed E-state index contributed by atoms with van der Waals surface area (Å²) in [5.41, 5.74) is 1.95. The van der Waals surface area contributed by atoms with E-state index >= 15 is 0 Å². The van der Waals surface area contributed by atoms with Crippen LogP contribution in [0, 0.1) is 17.8 Å². The second-order valence-corrected chi connectivity index (χ2v) is 8.51. The molecule has 1 aromatic rings. The van der Waals surface area contributed by atoms with Crippen LogP contribution in [-0.2, 0) is 9.59 Å². The molecule has 2 fully saturated rings. The summed E-state index contributed by atoms with van der Waals surface area (Å²) in [6.07, 6.45) is 5.63. The highest BCUT2D eigenvalue weighted by Crippen LogP contribution is 2.32. The molecule has 148 valence electrons. The normalized spacial score (nSPS) is 25.7. The number of hydrogen-bond acceptors (Lipinski definition) is 3. The van der Waals surface area contributed by atoms with E-state index in [4.69, 9.17) is 0 Å². The van der Waals surface area contributed by atoms with Gasteiger partial charge in [0, 0.05) is 50.4 Å². The second kappa shape index (κ2) is 8.77. The van der Waals surface area contributed by atoms with Crippen LogP contribution in [0.3, 0.4) is 0 Å². The van der Waals surface area contributed by atoms with Gasteiger partial charge in [-0.3, -0.25) is 9.59 Å². The Hall–Kier alpha value is -2.04. The van der Waals surface area contributed by atoms with Gasteiger partial charge in [0.05, 0.1) is 0 Å². The van der Waals surface area contributed by atoms with E-state index in [-0.39, 0.29) is 17.7 Å². The third kappa shape index (κ3) is 5.02. The molecule has 1 saturated carbocycles. The molecule has 1 aliphatic heterocycles. The average Bonchev–Trinajstić information content (AvgIpc) is 2.68. The number of benzene rings is 1. The van der Waals surface area contributed by atoms with Crippen molar-refractivity contribution in [1.29, 1.82) is 0 Å². The van der Waals surface area contributed by atoms with Crippen LogP contribution in [0.25, 0.3) is 0 Å². The Labute approximate surface area is 163 Å². The van der Waals surface area contributed by atoms with Crippen LogP contribution in [0.2, 0.25) is 0 Å². The Bertz CT molecular complexity index is 648. The summed E-state index contributed by atoms with van der Waals surface area (Å²) in [4.78, 5) is 29.5. The Morgan fingerprint density at radius 2 is 1.63 bits per heavy atom. The molecule has 2 amide bonds. The highest BCUT2D eigenvalue weighted by molar-refractivity contribution is 5.93. The topological polar surface area (TPSA) is 52.7 Å². The number of carbonyl (C=O) groups excluding carboxylic acids is 2. The molecular formula is C22H33N3O2. The highest BCUT2D eigenvalue weighted by Gasteiger charge is 2.33. The van der Waals surface area contributed by atoms with Crippen LogP contribution < -0.4 is 10.2 Å². The predicted molar refractivity (Wildman–Crippen MR) is 110 cm³/mol. The molecule has 27 heavy (non-hydrogen) atoms. The first kappa shape index (κ1) is 19.7. The predicted octanol–water partition coefficient (Wildman–Crippen LogP) is 3.76. The molecule has 1 unspecified atom stereocenters. The fraction of sp³-hybridized carbons (Fsp3) is 0.636. The van der Waals surface area contributed by atoms with Crippen LogP contribution in [-0.4, -0.2) is 43.9 Å². The van der Waals surface area contributed by atoms with Gasteiger partial charge in [-0.25, -0.2) is 0 Å². The van der Waals surface area contributed by atoms with Crippen molar-refractivity contribution in [1.82, 2.24) is 4.90 Å². The number of carbonyl (C=O) groups is 2. The van der Waals surface area contributed by atoms with E-state index in [0.717, 1.165) is 56.6 Å². The average molecular weight is 372 g/mol. The summed E-state index contributed by atoms with van der Waals surface area (Å²) in [5.74, 6) is 1.15. The van der Waals surface area contributed by atoms with Gasteiger partial charge >= 0.3 is 0 Å². The molecule has 5 heteroatoms. The minimum atomic E-state index is 0.0165. The van der Waals surface area contributed by atoms with Gasteiger partial charge in [0.2, 0.25) is 11.8 Å². The molecule has 2 aliphatic rings. The van der Waals surface area contributed by atoms with Gasteiger partial charge in [0.1, 0.15) is 0 Å². The van der Waals surface area contributed by atoms with E-state index in [1.807, 2.05) is 43.3 Å². The van der Waals surface area contributed by atoms with E-state index in [9.17, 15) is 9.59 Å². The van der Waals surface area contributed by atoms with Gasteiger partial charge in [0.15, 0.2) is 0 Å². The number of likely N-dealkylation sites (tertiary alicyclic amines) is 1. The fourth-order valence-electron chi connectivity index (χ4n) is 4.34. The monoisotopic (exact) mass is 371 g/mol. The first-order valence-electron chi connectivity index (χ1n) is 10.3. The Kier molecular flexibility index (Phi) is 6.40. The van der Waals surface area contributed by atoms with Crippen LogP contribution in [0.5, 0.6) is 0 Å². The Balaban J connectivity index is 1.48. The molecule has 0 spiro atoms. The Morgan fingerprint density at radius 3 is 2.22 bits per heavy atom. The lowest BCUT2D eigenvalue weighted by molar-refractivity contribution is -0.139. The largest absolute Gasteiger partial charge is 0.378 e. The summed E-state index contributed by atoms with van der Waals surface area (Å²) < 4.78 is 0. The molecule has 3 rings (SSSR count). The standard InChI is InChI=1S/C22H33N3O2/c1-16-5-4-14-25(15-16)22(27)18-8-6-17(7-9-18)21(26)23-19-10-12-20(13-11-19)24(2)3/h10-13,16-18H,4-9,14-15H2,1-3H3,(H,23,26). The number of amides is 2. The number of anilines is 2. The number of rotatable bonds is 4. The van der Waals surface area contributed by atoms with E-state index < -0.39 is 0 Å². The molecule has 0 bridgehead atoms. The number of nitrogens with zero attached hydrogens (tertiary/aromatic N) is 2. The van der Waals surface area contributed by atoms with Gasteiger partial charge < -0.3 is 15.1 Å². The first-order chi connectivity index (χ1) is 12.9. The fourth-order valence-corrected chi connectivity index (χ4v) is 4.34. The van der Waals surface area contributed by atoms with Crippen molar-refractivity contribution < 1.29 is 9.59 Å². The molecular weight excluding hydrogens is 338 g/mol. The maximum Gasteiger partial charge on any atom is 0.227 e. The molecule has 0 radical (unpaired) electrons. The smallest absolute Gasteiger partial charge is 0.227 e. The van der Waals surface area contributed by atoms with Gasteiger partial charge in [-0.1, -0.05) is 6.92 Å². The molecule has 1 aliphatic carbocycles. The molecule has 1 saturated heterocycles. The van der Waals surface area contributed by atoms with E-state index in [1.54, 1.807) is 0 Å². The van der Waals surface area contributed by atoms with Gasteiger partial charge in [-0.15, -0.1) is 0 Å². The lowest BCUT2D eigenvalue weighted by Gasteiger charge is -2.35. The zero-order valence-corrected chi connectivity index (χ0v) is 16.9. The summed E-state index contributed by atoms with van der Waals surface area (Å²) in [6, 6.07) is 7.90. The van der Waals surface area contributed by atoms with Gasteiger partial charge in [-0.05, 0) is 68.7 Å². The van der Waals surface area contributed by atoms with E-state index in [1.165, 1.54) is 6.42 Å². The molecule has 5 nitrogen and oxygen atoms in total. The quantitative estimate of drug-likeness (QED) is 0.877. The molecule has 1 atom stereocenters. The highest BCUT2D eigenvalue weighted by atomic mass is 16.2. The maximum absolute atomic E-state index is 12.8. The minimum absolute atomic E-state index is 0.0165. The van der Waals surface area contributed by atoms with Gasteiger partial charge in [0.25, 0.3) is 0 Å². The van der Waals surface area contributed by atoms with E-state index in [2.05, 4.69) is 17.1 Å². The third-order valence-electron chi connectivity index (χ3n) is 6.07. The second-order valence-electron chi connectivity index (χ2n) is 8.51. The summed E-state index contributed by atoms with van der Waals surface area (Å²) in [6.45, 7) is 4.04. The molecule has 1 aromatic carbocycles.